The minimum atomic E-state index is -1.07. The minimum Gasteiger partial charge on any atom is -0.478 e. The fraction of sp³-hybridized carbons (Fsp3) is 0.111. The molecule has 0 radical (unpaired) electrons. The van der Waals surface area contributed by atoms with E-state index in [-0.39, 0.29) is 11.3 Å². The molecule has 86 valence electrons. The third kappa shape index (κ3) is 2.44. The molecule has 0 bridgehead atoms. The summed E-state index contributed by atoms with van der Waals surface area (Å²) in [4.78, 5) is 22.6. The number of Topliss-reactive ketones (excluding diaryl/α,β-unsaturated/α-hetero) is 1. The highest BCUT2D eigenvalue weighted by molar-refractivity contribution is 14.1. The Hall–Kier alpha value is 0.350. The number of nitrogens with two attached hydrogens (primary N) is 1. The number of anilines is 1. The van der Waals surface area contributed by atoms with Gasteiger partial charge in [0.1, 0.15) is 0 Å². The van der Waals surface area contributed by atoms with Crippen LogP contribution in [0.3, 0.4) is 0 Å². The van der Waals surface area contributed by atoms with Gasteiger partial charge in [-0.15, -0.1) is 0 Å². The van der Waals surface area contributed by atoms with Crippen LogP contribution in [0.5, 0.6) is 0 Å². The average molecular weight is 557 g/mol. The third-order valence-electron chi connectivity index (χ3n) is 1.92. The molecule has 1 aromatic rings. The lowest BCUT2D eigenvalue weighted by Gasteiger charge is -2.13. The van der Waals surface area contributed by atoms with E-state index in [2.05, 4.69) is 0 Å². The first-order chi connectivity index (χ1) is 7.29. The summed E-state index contributed by atoms with van der Waals surface area (Å²) in [6.45, 7) is 1.40. The van der Waals surface area contributed by atoms with Gasteiger partial charge in [0.15, 0.2) is 5.78 Å². The average Bonchev–Trinajstić information content (AvgIpc) is 2.13. The molecule has 4 nitrogen and oxygen atoms in total. The van der Waals surface area contributed by atoms with Gasteiger partial charge in [0.25, 0.3) is 0 Å². The molecule has 0 saturated carbocycles. The predicted molar refractivity (Wildman–Crippen MR) is 86.0 cm³/mol. The summed E-state index contributed by atoms with van der Waals surface area (Å²) in [5, 5.41) is 9.09. The molecule has 0 atom stereocenters. The Balaban J connectivity index is 3.80. The number of hydrogen-bond donors (Lipinski definition) is 2. The van der Waals surface area contributed by atoms with Gasteiger partial charge in [-0.2, -0.15) is 0 Å². The Morgan fingerprint density at radius 1 is 1.06 bits per heavy atom. The minimum absolute atomic E-state index is 0.101. The zero-order valence-corrected chi connectivity index (χ0v) is 14.4. The number of ketones is 1. The van der Waals surface area contributed by atoms with Crippen LogP contribution in [-0.4, -0.2) is 16.9 Å². The van der Waals surface area contributed by atoms with Crippen molar-refractivity contribution in [2.24, 2.45) is 0 Å². The molecule has 7 heteroatoms. The van der Waals surface area contributed by atoms with E-state index in [1.54, 1.807) is 0 Å². The highest BCUT2D eigenvalue weighted by Crippen LogP contribution is 2.33. The maximum Gasteiger partial charge on any atom is 0.337 e. The number of aromatic carboxylic acids is 1. The summed E-state index contributed by atoms with van der Waals surface area (Å²) >= 11 is 5.72. The molecule has 0 fully saturated rings. The molecule has 16 heavy (non-hydrogen) atoms. The van der Waals surface area contributed by atoms with E-state index in [0.717, 1.165) is 0 Å². The summed E-state index contributed by atoms with van der Waals surface area (Å²) < 4.78 is 1.54. The number of rotatable bonds is 2. The predicted octanol–water partition coefficient (Wildman–Crippen LogP) is 2.98. The lowest BCUT2D eigenvalue weighted by molar-refractivity contribution is 0.0694. The van der Waals surface area contributed by atoms with Gasteiger partial charge in [0, 0.05) is 12.7 Å². The third-order valence-corrected chi connectivity index (χ3v) is 5.24. The van der Waals surface area contributed by atoms with Gasteiger partial charge in [-0.05, 0) is 74.7 Å². The maximum atomic E-state index is 11.5. The number of benzene rings is 1. The second-order valence-corrected chi connectivity index (χ2v) is 6.20. The maximum absolute atomic E-state index is 11.5. The Morgan fingerprint density at radius 3 is 1.88 bits per heavy atom. The van der Waals surface area contributed by atoms with Crippen LogP contribution in [0.2, 0.25) is 0 Å². The number of carboxylic acids is 1. The number of carbonyl (C=O) groups is 2. The molecule has 0 amide bonds. The molecule has 0 unspecified atom stereocenters. The fourth-order valence-electron chi connectivity index (χ4n) is 1.18. The van der Waals surface area contributed by atoms with Crippen LogP contribution in [0, 0.1) is 10.7 Å². The van der Waals surface area contributed by atoms with E-state index >= 15 is 0 Å². The Kier molecular flexibility index (Phi) is 4.80. The van der Waals surface area contributed by atoms with Gasteiger partial charge in [-0.1, -0.05) is 0 Å². The monoisotopic (exact) mass is 557 g/mol. The lowest BCUT2D eigenvalue weighted by Crippen LogP contribution is -2.13. The summed E-state index contributed by atoms with van der Waals surface area (Å²) in [5.41, 5.74) is 6.63. The quantitative estimate of drug-likeness (QED) is 0.334. The molecule has 1 aromatic carbocycles. The number of carboxylic acid groups (broad SMARTS) is 1. The lowest BCUT2D eigenvalue weighted by atomic mass is 10.1. The Bertz CT molecular complexity index is 458. The zero-order chi connectivity index (χ0) is 12.6. The molecule has 0 aliphatic carbocycles. The van der Waals surface area contributed by atoms with Crippen LogP contribution < -0.4 is 5.73 Å². The number of hydrogen-bond acceptors (Lipinski definition) is 3. The van der Waals surface area contributed by atoms with Crippen molar-refractivity contribution in [2.75, 3.05) is 5.73 Å². The van der Waals surface area contributed by atoms with E-state index < -0.39 is 5.97 Å². The highest BCUT2D eigenvalue weighted by Gasteiger charge is 2.24. The second-order valence-electron chi connectivity index (χ2n) is 2.97. The molecular weight excluding hydrogens is 551 g/mol. The molecular formula is C9H6I3NO3. The largest absolute Gasteiger partial charge is 0.478 e. The molecule has 3 N–H and O–H groups in total. The summed E-state index contributed by atoms with van der Waals surface area (Å²) in [5.74, 6) is -1.25. The second kappa shape index (κ2) is 5.33. The van der Waals surface area contributed by atoms with Crippen molar-refractivity contribution in [1.82, 2.24) is 0 Å². The molecule has 0 aliphatic heterocycles. The van der Waals surface area contributed by atoms with Gasteiger partial charge in [-0.25, -0.2) is 4.79 Å². The summed E-state index contributed by atoms with van der Waals surface area (Å²) in [6, 6.07) is 0. The number of nitrogen functional groups attached to an aromatic ring is 1. The summed E-state index contributed by atoms with van der Waals surface area (Å²) in [7, 11) is 0. The van der Waals surface area contributed by atoms with Crippen LogP contribution in [0.1, 0.15) is 27.6 Å². The zero-order valence-electron chi connectivity index (χ0n) is 7.97. The van der Waals surface area contributed by atoms with Crippen molar-refractivity contribution >= 4 is 85.2 Å². The first-order valence-electron chi connectivity index (χ1n) is 3.99. The van der Waals surface area contributed by atoms with Crippen molar-refractivity contribution in [3.05, 3.63) is 21.8 Å². The Labute approximate surface area is 133 Å². The van der Waals surface area contributed by atoms with Crippen molar-refractivity contribution in [3.63, 3.8) is 0 Å². The first kappa shape index (κ1) is 14.4. The van der Waals surface area contributed by atoms with Gasteiger partial charge in [-0.3, -0.25) is 4.79 Å². The topological polar surface area (TPSA) is 80.4 Å². The van der Waals surface area contributed by atoms with Crippen molar-refractivity contribution in [1.29, 1.82) is 0 Å². The fourth-order valence-corrected chi connectivity index (χ4v) is 5.57. The van der Waals surface area contributed by atoms with E-state index in [4.69, 9.17) is 10.8 Å². The van der Waals surface area contributed by atoms with E-state index in [1.807, 2.05) is 67.8 Å². The van der Waals surface area contributed by atoms with Crippen LogP contribution >= 0.6 is 67.8 Å². The molecule has 0 aliphatic rings. The standard InChI is InChI=1S/C9H6I3NO3/c1-2(14)3-5(10)4(9(15)16)7(12)8(13)6(3)11/h13H2,1H3,(H,15,16). The van der Waals surface area contributed by atoms with Crippen molar-refractivity contribution in [3.8, 4) is 0 Å². The van der Waals surface area contributed by atoms with Gasteiger partial charge in [0.05, 0.1) is 14.8 Å². The SMILES string of the molecule is CC(=O)c1c(I)c(N)c(I)c(C(=O)O)c1I. The Morgan fingerprint density at radius 2 is 1.50 bits per heavy atom. The molecule has 0 spiro atoms. The number of carbonyl (C=O) groups excluding carboxylic acids is 1. The van der Waals surface area contributed by atoms with Crippen molar-refractivity contribution < 1.29 is 14.7 Å². The number of halogens is 3. The van der Waals surface area contributed by atoms with E-state index in [1.165, 1.54) is 6.92 Å². The summed E-state index contributed by atoms with van der Waals surface area (Å²) in [6.07, 6.45) is 0. The van der Waals surface area contributed by atoms with Gasteiger partial charge >= 0.3 is 5.97 Å². The van der Waals surface area contributed by atoms with E-state index in [0.29, 0.717) is 22.0 Å². The van der Waals surface area contributed by atoms with Crippen LogP contribution in [0.25, 0.3) is 0 Å². The first-order valence-corrected chi connectivity index (χ1v) is 7.22. The van der Waals surface area contributed by atoms with Gasteiger partial charge in [0.2, 0.25) is 0 Å². The van der Waals surface area contributed by atoms with Crippen LogP contribution in [-0.2, 0) is 0 Å². The van der Waals surface area contributed by atoms with Gasteiger partial charge < -0.3 is 10.8 Å². The van der Waals surface area contributed by atoms with E-state index in [9.17, 15) is 9.59 Å². The van der Waals surface area contributed by atoms with Crippen LogP contribution in [0.15, 0.2) is 0 Å². The molecule has 0 saturated heterocycles. The van der Waals surface area contributed by atoms with Crippen molar-refractivity contribution in [2.45, 2.75) is 6.92 Å². The molecule has 0 heterocycles. The van der Waals surface area contributed by atoms with Crippen LogP contribution in [0.4, 0.5) is 5.69 Å². The normalized spacial score (nSPS) is 10.2. The smallest absolute Gasteiger partial charge is 0.337 e. The highest BCUT2D eigenvalue weighted by atomic mass is 127. The molecule has 1 rings (SSSR count). The molecule has 0 aromatic heterocycles.